The summed E-state index contributed by atoms with van der Waals surface area (Å²) in [4.78, 5) is 26.2. The number of para-hydroxylation sites is 1. The summed E-state index contributed by atoms with van der Waals surface area (Å²) >= 11 is 0. The van der Waals surface area contributed by atoms with Gasteiger partial charge >= 0.3 is 5.69 Å². The first-order chi connectivity index (χ1) is 9.16. The Morgan fingerprint density at radius 1 is 1.11 bits per heavy atom. The third-order valence-corrected chi connectivity index (χ3v) is 2.15. The molecule has 0 radical (unpaired) electrons. The van der Waals surface area contributed by atoms with E-state index in [-0.39, 0.29) is 5.56 Å². The van der Waals surface area contributed by atoms with Crippen molar-refractivity contribution in [3.05, 3.63) is 56.7 Å². The highest BCUT2D eigenvalue weighted by atomic mass is 16.3. The van der Waals surface area contributed by atoms with E-state index in [2.05, 4.69) is 22.8 Å². The van der Waals surface area contributed by atoms with Gasteiger partial charge in [-0.1, -0.05) is 18.2 Å². The van der Waals surface area contributed by atoms with Crippen LogP contribution in [0.2, 0.25) is 0 Å². The van der Waals surface area contributed by atoms with Crippen LogP contribution in [-0.2, 0) is 0 Å². The number of aromatic amines is 2. The lowest BCUT2D eigenvalue weighted by molar-refractivity contribution is 0.446. The molecule has 1 heterocycles. The molecule has 7 nitrogen and oxygen atoms in total. The number of rotatable bonds is 2. The SMILES string of the molecule is O=c1[nH]c(O)c(C#CNNc2ccccc2)c(=O)[nH]1. The minimum absolute atomic E-state index is 0.220. The lowest BCUT2D eigenvalue weighted by Gasteiger charge is -2.01. The normalized spacial score (nSPS) is 9.26. The van der Waals surface area contributed by atoms with E-state index >= 15 is 0 Å². The third kappa shape index (κ3) is 3.17. The molecule has 0 saturated heterocycles. The van der Waals surface area contributed by atoms with E-state index < -0.39 is 17.1 Å². The van der Waals surface area contributed by atoms with Crippen molar-refractivity contribution in [1.29, 1.82) is 0 Å². The zero-order valence-electron chi connectivity index (χ0n) is 9.65. The quantitative estimate of drug-likeness (QED) is 0.288. The standard InChI is InChI=1S/C12H10N4O3/c17-10-9(11(18)15-12(19)14-10)6-7-13-16-8-4-2-1-3-5-8/h1-5,13,16H,(H3,14,15,17,18,19). The Balaban J connectivity index is 2.09. The maximum Gasteiger partial charge on any atom is 0.328 e. The molecule has 0 saturated carbocycles. The van der Waals surface area contributed by atoms with E-state index in [9.17, 15) is 14.7 Å². The van der Waals surface area contributed by atoms with Gasteiger partial charge in [0, 0.05) is 6.04 Å². The Labute approximate surface area is 107 Å². The minimum atomic E-state index is -0.789. The van der Waals surface area contributed by atoms with Crippen LogP contribution in [0.1, 0.15) is 5.56 Å². The van der Waals surface area contributed by atoms with Crippen molar-refractivity contribution < 1.29 is 5.11 Å². The van der Waals surface area contributed by atoms with E-state index in [1.165, 1.54) is 0 Å². The molecule has 7 heteroatoms. The van der Waals surface area contributed by atoms with E-state index in [1.54, 1.807) is 0 Å². The summed E-state index contributed by atoms with van der Waals surface area (Å²) in [6.45, 7) is 0. The van der Waals surface area contributed by atoms with Gasteiger partial charge in [0.05, 0.1) is 5.69 Å². The first kappa shape index (κ1) is 12.3. The molecule has 0 aliphatic heterocycles. The number of nitrogens with one attached hydrogen (secondary N) is 4. The lowest BCUT2D eigenvalue weighted by atomic mass is 10.3. The maximum absolute atomic E-state index is 11.3. The highest BCUT2D eigenvalue weighted by molar-refractivity contribution is 5.43. The van der Waals surface area contributed by atoms with Crippen LogP contribution >= 0.6 is 0 Å². The van der Waals surface area contributed by atoms with E-state index in [4.69, 9.17) is 0 Å². The zero-order chi connectivity index (χ0) is 13.7. The van der Waals surface area contributed by atoms with Crippen LogP contribution in [0.3, 0.4) is 0 Å². The van der Waals surface area contributed by atoms with Gasteiger partial charge in [0.25, 0.3) is 5.56 Å². The molecule has 0 aliphatic rings. The second kappa shape index (κ2) is 5.46. The summed E-state index contributed by atoms with van der Waals surface area (Å²) in [6.07, 6.45) is 0. The predicted octanol–water partition coefficient (Wildman–Crippen LogP) is -0.306. The molecule has 5 N–H and O–H groups in total. The van der Waals surface area contributed by atoms with Crippen molar-refractivity contribution in [1.82, 2.24) is 15.4 Å². The molecule has 0 amide bonds. The number of aromatic hydroxyl groups is 1. The number of H-pyrrole nitrogens is 2. The second-order valence-electron chi connectivity index (χ2n) is 3.50. The first-order valence-corrected chi connectivity index (χ1v) is 5.29. The van der Waals surface area contributed by atoms with E-state index in [0.717, 1.165) is 5.69 Å². The average molecular weight is 258 g/mol. The largest absolute Gasteiger partial charge is 0.493 e. The van der Waals surface area contributed by atoms with Gasteiger partial charge in [0.2, 0.25) is 5.88 Å². The number of hydrazine groups is 1. The van der Waals surface area contributed by atoms with Crippen LogP contribution in [-0.4, -0.2) is 15.1 Å². The minimum Gasteiger partial charge on any atom is -0.493 e. The molecule has 19 heavy (non-hydrogen) atoms. The van der Waals surface area contributed by atoms with Crippen molar-refractivity contribution >= 4 is 5.69 Å². The molecular formula is C12H10N4O3. The van der Waals surface area contributed by atoms with Gasteiger partial charge in [-0.25, -0.2) is 4.79 Å². The Morgan fingerprint density at radius 2 is 1.84 bits per heavy atom. The van der Waals surface area contributed by atoms with E-state index in [1.807, 2.05) is 40.3 Å². The predicted molar refractivity (Wildman–Crippen MR) is 69.4 cm³/mol. The highest BCUT2D eigenvalue weighted by Gasteiger charge is 2.04. The van der Waals surface area contributed by atoms with Crippen LogP contribution in [0.5, 0.6) is 5.88 Å². The van der Waals surface area contributed by atoms with Crippen molar-refractivity contribution in [2.24, 2.45) is 0 Å². The van der Waals surface area contributed by atoms with Gasteiger partial charge in [0.1, 0.15) is 0 Å². The van der Waals surface area contributed by atoms with Crippen molar-refractivity contribution in [3.63, 3.8) is 0 Å². The number of hydrogen-bond donors (Lipinski definition) is 5. The summed E-state index contributed by atoms with van der Waals surface area (Å²) < 4.78 is 0. The summed E-state index contributed by atoms with van der Waals surface area (Å²) in [6, 6.07) is 11.6. The Hall–Kier alpha value is -3.14. The fourth-order valence-corrected chi connectivity index (χ4v) is 1.31. The summed E-state index contributed by atoms with van der Waals surface area (Å²) in [7, 11) is 0. The lowest BCUT2D eigenvalue weighted by Crippen LogP contribution is -2.24. The third-order valence-electron chi connectivity index (χ3n) is 2.15. The smallest absolute Gasteiger partial charge is 0.328 e. The molecule has 0 spiro atoms. The molecular weight excluding hydrogens is 248 g/mol. The summed E-state index contributed by atoms with van der Waals surface area (Å²) in [5, 5.41) is 9.36. The van der Waals surface area contributed by atoms with Gasteiger partial charge in [-0.3, -0.25) is 25.6 Å². The van der Waals surface area contributed by atoms with Crippen LogP contribution < -0.4 is 22.1 Å². The molecule has 1 aromatic carbocycles. The van der Waals surface area contributed by atoms with Crippen molar-refractivity contribution in [3.8, 4) is 17.8 Å². The first-order valence-electron chi connectivity index (χ1n) is 5.29. The van der Waals surface area contributed by atoms with Crippen LogP contribution in [0, 0.1) is 12.0 Å². The average Bonchev–Trinajstić information content (AvgIpc) is 2.38. The van der Waals surface area contributed by atoms with Gasteiger partial charge in [-0.05, 0) is 18.1 Å². The fourth-order valence-electron chi connectivity index (χ4n) is 1.31. The zero-order valence-corrected chi connectivity index (χ0v) is 9.65. The Bertz CT molecular complexity index is 737. The maximum atomic E-state index is 11.3. The van der Waals surface area contributed by atoms with Crippen LogP contribution in [0.25, 0.3) is 0 Å². The van der Waals surface area contributed by atoms with Gasteiger partial charge < -0.3 is 5.11 Å². The number of benzene rings is 1. The molecule has 2 rings (SSSR count). The molecule has 0 atom stereocenters. The molecule has 2 aromatic rings. The number of anilines is 1. The number of aromatic nitrogens is 2. The molecule has 96 valence electrons. The molecule has 0 unspecified atom stereocenters. The highest BCUT2D eigenvalue weighted by Crippen LogP contribution is 2.03. The molecule has 0 aliphatic carbocycles. The second-order valence-corrected chi connectivity index (χ2v) is 3.50. The molecule has 0 bridgehead atoms. The van der Waals surface area contributed by atoms with Crippen molar-refractivity contribution in [2.45, 2.75) is 0 Å². The molecule has 0 fully saturated rings. The Kier molecular flexibility index (Phi) is 3.54. The van der Waals surface area contributed by atoms with Gasteiger partial charge in [0.15, 0.2) is 5.56 Å². The summed E-state index contributed by atoms with van der Waals surface area (Å²) in [5.41, 5.74) is 4.35. The van der Waals surface area contributed by atoms with Crippen molar-refractivity contribution in [2.75, 3.05) is 5.43 Å². The monoisotopic (exact) mass is 258 g/mol. The Morgan fingerprint density at radius 3 is 2.53 bits per heavy atom. The van der Waals surface area contributed by atoms with E-state index in [0.29, 0.717) is 0 Å². The number of hydrogen-bond acceptors (Lipinski definition) is 5. The van der Waals surface area contributed by atoms with Gasteiger partial charge in [-0.15, -0.1) is 0 Å². The summed E-state index contributed by atoms with van der Waals surface area (Å²) in [5.74, 6) is 1.82. The fraction of sp³-hybridized carbons (Fsp3) is 0. The van der Waals surface area contributed by atoms with Crippen LogP contribution in [0.4, 0.5) is 5.69 Å². The molecule has 1 aromatic heterocycles. The van der Waals surface area contributed by atoms with Gasteiger partial charge in [-0.2, -0.15) is 0 Å². The van der Waals surface area contributed by atoms with Crippen LogP contribution in [0.15, 0.2) is 39.9 Å². The topological polar surface area (TPSA) is 110 Å².